The van der Waals surface area contributed by atoms with Crippen molar-refractivity contribution in [3.63, 3.8) is 0 Å². The quantitative estimate of drug-likeness (QED) is 0.637. The summed E-state index contributed by atoms with van der Waals surface area (Å²) in [7, 11) is 0. The predicted octanol–water partition coefficient (Wildman–Crippen LogP) is 5.32. The zero-order valence-corrected chi connectivity index (χ0v) is 14.6. The molecule has 1 aliphatic carbocycles. The van der Waals surface area contributed by atoms with Gasteiger partial charge < -0.3 is 11.5 Å². The van der Waals surface area contributed by atoms with E-state index in [-0.39, 0.29) is 6.04 Å². The number of rotatable bonds is 4. The van der Waals surface area contributed by atoms with Crippen LogP contribution < -0.4 is 11.5 Å². The van der Waals surface area contributed by atoms with Crippen LogP contribution in [-0.4, -0.2) is 0 Å². The molecule has 0 saturated heterocycles. The number of benzene rings is 3. The Kier molecular flexibility index (Phi) is 4.06. The molecule has 3 aromatic rings. The van der Waals surface area contributed by atoms with E-state index in [9.17, 15) is 0 Å². The first-order chi connectivity index (χ1) is 12.2. The number of hydrogen-bond acceptors (Lipinski definition) is 2. The summed E-state index contributed by atoms with van der Waals surface area (Å²) in [6.45, 7) is 2.22. The standard InChI is InChI=1S/C23H24N2/c1-2-3-5-15-8-10-16(11-9-15)19-14-20-21(24)13-12-17-6-4-7-18(22(17)20)23(19)25/h4,6-14,23H,2-3,5,24-25H2,1H3. The lowest BCUT2D eigenvalue weighted by molar-refractivity contribution is 0.795. The fourth-order valence-corrected chi connectivity index (χ4v) is 3.79. The van der Waals surface area contributed by atoms with E-state index in [4.69, 9.17) is 11.5 Å². The number of nitrogens with two attached hydrogens (primary N) is 2. The van der Waals surface area contributed by atoms with Crippen molar-refractivity contribution < 1.29 is 0 Å². The van der Waals surface area contributed by atoms with Crippen LogP contribution in [0, 0.1) is 0 Å². The fraction of sp³-hybridized carbons (Fsp3) is 0.217. The van der Waals surface area contributed by atoms with Crippen LogP contribution in [0.25, 0.3) is 22.4 Å². The maximum atomic E-state index is 6.64. The highest BCUT2D eigenvalue weighted by molar-refractivity contribution is 6.06. The van der Waals surface area contributed by atoms with Gasteiger partial charge in [0.05, 0.1) is 6.04 Å². The van der Waals surface area contributed by atoms with Crippen molar-refractivity contribution >= 4 is 28.1 Å². The first-order valence-electron chi connectivity index (χ1n) is 9.06. The van der Waals surface area contributed by atoms with E-state index in [0.717, 1.165) is 28.8 Å². The summed E-state index contributed by atoms with van der Waals surface area (Å²) in [5, 5.41) is 2.39. The zero-order valence-electron chi connectivity index (χ0n) is 14.6. The molecule has 2 heteroatoms. The SMILES string of the molecule is CCCCc1ccc(C2=Cc3c(N)ccc4cccc(c34)C2N)cc1. The molecule has 0 heterocycles. The van der Waals surface area contributed by atoms with Crippen LogP contribution in [0.2, 0.25) is 0 Å². The summed E-state index contributed by atoms with van der Waals surface area (Å²) in [4.78, 5) is 0. The third kappa shape index (κ3) is 2.73. The van der Waals surface area contributed by atoms with Crippen LogP contribution in [0.5, 0.6) is 0 Å². The van der Waals surface area contributed by atoms with Crippen molar-refractivity contribution in [1.82, 2.24) is 0 Å². The normalized spacial score (nSPS) is 16.1. The van der Waals surface area contributed by atoms with E-state index in [0.29, 0.717) is 0 Å². The molecule has 4 rings (SSSR count). The van der Waals surface area contributed by atoms with E-state index >= 15 is 0 Å². The molecule has 0 spiro atoms. The van der Waals surface area contributed by atoms with Crippen molar-refractivity contribution in [1.29, 1.82) is 0 Å². The van der Waals surface area contributed by atoms with Crippen molar-refractivity contribution in [2.45, 2.75) is 32.2 Å². The van der Waals surface area contributed by atoms with Crippen molar-refractivity contribution in [3.05, 3.63) is 76.9 Å². The van der Waals surface area contributed by atoms with Gasteiger partial charge in [-0.05, 0) is 58.0 Å². The molecule has 1 aliphatic rings. The number of anilines is 1. The summed E-state index contributed by atoms with van der Waals surface area (Å²) in [6, 6.07) is 19.1. The average molecular weight is 328 g/mol. The zero-order chi connectivity index (χ0) is 17.4. The topological polar surface area (TPSA) is 52.0 Å². The third-order valence-electron chi connectivity index (χ3n) is 5.23. The van der Waals surface area contributed by atoms with Gasteiger partial charge in [-0.1, -0.05) is 61.9 Å². The fourth-order valence-electron chi connectivity index (χ4n) is 3.79. The Morgan fingerprint density at radius 2 is 1.76 bits per heavy atom. The summed E-state index contributed by atoms with van der Waals surface area (Å²) in [6.07, 6.45) is 5.76. The molecule has 0 aliphatic heterocycles. The first-order valence-corrected chi connectivity index (χ1v) is 9.06. The highest BCUT2D eigenvalue weighted by Crippen LogP contribution is 2.42. The lowest BCUT2D eigenvalue weighted by atomic mass is 9.82. The second-order valence-corrected chi connectivity index (χ2v) is 6.89. The van der Waals surface area contributed by atoms with Gasteiger partial charge in [0, 0.05) is 11.3 Å². The number of nitrogen functional groups attached to an aromatic ring is 1. The van der Waals surface area contributed by atoms with E-state index in [1.807, 2.05) is 6.07 Å². The molecule has 0 amide bonds. The van der Waals surface area contributed by atoms with Crippen LogP contribution in [0.15, 0.2) is 54.6 Å². The lowest BCUT2D eigenvalue weighted by Gasteiger charge is -2.25. The van der Waals surface area contributed by atoms with Gasteiger partial charge in [-0.25, -0.2) is 0 Å². The molecule has 0 aromatic heterocycles. The molecule has 3 aromatic carbocycles. The number of hydrogen-bond donors (Lipinski definition) is 2. The second kappa shape index (κ2) is 6.38. The van der Waals surface area contributed by atoms with Gasteiger partial charge in [0.2, 0.25) is 0 Å². The van der Waals surface area contributed by atoms with Gasteiger partial charge in [0.15, 0.2) is 0 Å². The predicted molar refractivity (Wildman–Crippen MR) is 108 cm³/mol. The van der Waals surface area contributed by atoms with Gasteiger partial charge in [0.1, 0.15) is 0 Å². The summed E-state index contributed by atoms with van der Waals surface area (Å²) in [5.74, 6) is 0. The Bertz CT molecular complexity index is 952. The van der Waals surface area contributed by atoms with Crippen LogP contribution in [0.3, 0.4) is 0 Å². The number of unbranched alkanes of at least 4 members (excludes halogenated alkanes) is 1. The molecule has 0 fully saturated rings. The average Bonchev–Trinajstić information content (AvgIpc) is 2.65. The molecular weight excluding hydrogens is 304 g/mol. The lowest BCUT2D eigenvalue weighted by Crippen LogP contribution is -2.16. The molecule has 0 saturated carbocycles. The highest BCUT2D eigenvalue weighted by atomic mass is 14.7. The third-order valence-corrected chi connectivity index (χ3v) is 5.23. The van der Waals surface area contributed by atoms with E-state index in [1.165, 1.54) is 34.7 Å². The van der Waals surface area contributed by atoms with Crippen LogP contribution in [0.4, 0.5) is 5.69 Å². The minimum atomic E-state index is -0.125. The first kappa shape index (κ1) is 15.9. The Labute approximate surface area is 149 Å². The van der Waals surface area contributed by atoms with E-state index in [2.05, 4.69) is 61.5 Å². The Morgan fingerprint density at radius 3 is 2.52 bits per heavy atom. The van der Waals surface area contributed by atoms with Crippen molar-refractivity contribution in [3.8, 4) is 0 Å². The largest absolute Gasteiger partial charge is 0.398 e. The molecule has 126 valence electrons. The molecule has 0 radical (unpaired) electrons. The van der Waals surface area contributed by atoms with Crippen LogP contribution >= 0.6 is 0 Å². The van der Waals surface area contributed by atoms with Gasteiger partial charge in [-0.2, -0.15) is 0 Å². The molecule has 2 nitrogen and oxygen atoms in total. The highest BCUT2D eigenvalue weighted by Gasteiger charge is 2.23. The minimum Gasteiger partial charge on any atom is -0.398 e. The minimum absolute atomic E-state index is 0.125. The maximum Gasteiger partial charge on any atom is 0.0564 e. The Balaban J connectivity index is 1.81. The van der Waals surface area contributed by atoms with Crippen molar-refractivity contribution in [2.75, 3.05) is 5.73 Å². The second-order valence-electron chi connectivity index (χ2n) is 6.89. The van der Waals surface area contributed by atoms with Crippen LogP contribution in [0.1, 0.15) is 48.1 Å². The molecular formula is C23H24N2. The van der Waals surface area contributed by atoms with E-state index < -0.39 is 0 Å². The summed E-state index contributed by atoms with van der Waals surface area (Å²) >= 11 is 0. The molecule has 1 unspecified atom stereocenters. The Morgan fingerprint density at radius 1 is 0.960 bits per heavy atom. The Hall–Kier alpha value is -2.58. The van der Waals surface area contributed by atoms with Gasteiger partial charge >= 0.3 is 0 Å². The number of aryl methyl sites for hydroxylation is 1. The van der Waals surface area contributed by atoms with Gasteiger partial charge in [-0.3, -0.25) is 0 Å². The monoisotopic (exact) mass is 328 g/mol. The molecule has 25 heavy (non-hydrogen) atoms. The van der Waals surface area contributed by atoms with Crippen molar-refractivity contribution in [2.24, 2.45) is 5.73 Å². The van der Waals surface area contributed by atoms with Gasteiger partial charge in [-0.15, -0.1) is 0 Å². The van der Waals surface area contributed by atoms with Gasteiger partial charge in [0.25, 0.3) is 0 Å². The van der Waals surface area contributed by atoms with E-state index in [1.54, 1.807) is 0 Å². The molecule has 0 bridgehead atoms. The smallest absolute Gasteiger partial charge is 0.0564 e. The maximum absolute atomic E-state index is 6.64. The molecule has 1 atom stereocenters. The summed E-state index contributed by atoms with van der Waals surface area (Å²) in [5.41, 5.74) is 19.7. The molecule has 4 N–H and O–H groups in total. The van der Waals surface area contributed by atoms with Crippen LogP contribution in [-0.2, 0) is 6.42 Å². The summed E-state index contributed by atoms with van der Waals surface area (Å²) < 4.78 is 0.